The summed E-state index contributed by atoms with van der Waals surface area (Å²) in [5.41, 5.74) is 0. The van der Waals surface area contributed by atoms with Crippen LogP contribution in [-0.4, -0.2) is 19.0 Å². The first kappa shape index (κ1) is 9.20. The van der Waals surface area contributed by atoms with E-state index in [4.69, 9.17) is 4.74 Å². The number of hydrogen-bond acceptors (Lipinski definition) is 2. The summed E-state index contributed by atoms with van der Waals surface area (Å²) in [6.07, 6.45) is 6.59. The van der Waals surface area contributed by atoms with Crippen molar-refractivity contribution in [2.75, 3.05) is 13.2 Å². The highest BCUT2D eigenvalue weighted by molar-refractivity contribution is 5.83. The summed E-state index contributed by atoms with van der Waals surface area (Å²) < 4.78 is 5.28. The molecule has 2 heteroatoms. The fourth-order valence-electron chi connectivity index (χ4n) is 1.99. The summed E-state index contributed by atoms with van der Waals surface area (Å²) in [6.45, 7) is 1.81. The molecule has 2 nitrogen and oxygen atoms in total. The van der Waals surface area contributed by atoms with Crippen molar-refractivity contribution in [2.24, 2.45) is 11.8 Å². The van der Waals surface area contributed by atoms with E-state index < -0.39 is 0 Å². The molecule has 0 bridgehead atoms. The van der Waals surface area contributed by atoms with Crippen molar-refractivity contribution in [3.05, 3.63) is 0 Å². The lowest BCUT2D eigenvalue weighted by molar-refractivity contribution is -0.120. The van der Waals surface area contributed by atoms with Crippen LogP contribution in [0.3, 0.4) is 0 Å². The Labute approximate surface area is 79.7 Å². The molecule has 1 aliphatic heterocycles. The van der Waals surface area contributed by atoms with Crippen LogP contribution in [0.25, 0.3) is 0 Å². The number of ether oxygens (including phenoxy) is 1. The van der Waals surface area contributed by atoms with Gasteiger partial charge in [0.25, 0.3) is 0 Å². The predicted octanol–water partition coefficient (Wildman–Crippen LogP) is 2.17. The molecule has 13 heavy (non-hydrogen) atoms. The van der Waals surface area contributed by atoms with E-state index in [1.807, 2.05) is 0 Å². The van der Waals surface area contributed by atoms with Crippen LogP contribution in [0.2, 0.25) is 0 Å². The van der Waals surface area contributed by atoms with Gasteiger partial charge in [0.2, 0.25) is 0 Å². The van der Waals surface area contributed by atoms with E-state index in [0.717, 1.165) is 57.7 Å². The topological polar surface area (TPSA) is 26.3 Å². The van der Waals surface area contributed by atoms with Crippen molar-refractivity contribution in [3.63, 3.8) is 0 Å². The predicted molar refractivity (Wildman–Crippen MR) is 50.5 cm³/mol. The molecule has 0 amide bonds. The minimum atomic E-state index is 0.458. The third-order valence-electron chi connectivity index (χ3n) is 3.17. The van der Waals surface area contributed by atoms with Gasteiger partial charge in [0, 0.05) is 25.6 Å². The van der Waals surface area contributed by atoms with Crippen LogP contribution < -0.4 is 0 Å². The van der Waals surface area contributed by atoms with E-state index in [1.54, 1.807) is 0 Å². The monoisotopic (exact) mass is 182 g/mol. The third kappa shape index (κ3) is 2.80. The molecule has 0 atom stereocenters. The lowest BCUT2D eigenvalue weighted by Crippen LogP contribution is -2.16. The minimum Gasteiger partial charge on any atom is -0.381 e. The number of carbonyl (C=O) groups excluding carboxylic acids is 1. The first-order valence-electron chi connectivity index (χ1n) is 5.46. The van der Waals surface area contributed by atoms with E-state index in [9.17, 15) is 4.79 Å². The molecular formula is C11H18O2. The van der Waals surface area contributed by atoms with Gasteiger partial charge >= 0.3 is 0 Å². The summed E-state index contributed by atoms with van der Waals surface area (Å²) in [7, 11) is 0. The molecule has 0 aromatic rings. The highest BCUT2D eigenvalue weighted by Gasteiger charge is 2.29. The molecule has 1 aliphatic carbocycles. The zero-order valence-electron chi connectivity index (χ0n) is 8.13. The fourth-order valence-corrected chi connectivity index (χ4v) is 1.99. The Morgan fingerprint density at radius 1 is 1.15 bits per heavy atom. The molecule has 2 aliphatic rings. The average molecular weight is 182 g/mol. The van der Waals surface area contributed by atoms with Crippen molar-refractivity contribution in [1.29, 1.82) is 0 Å². The van der Waals surface area contributed by atoms with E-state index in [2.05, 4.69) is 0 Å². The van der Waals surface area contributed by atoms with Gasteiger partial charge in [-0.3, -0.25) is 4.79 Å². The highest BCUT2D eigenvalue weighted by Crippen LogP contribution is 2.32. The first-order valence-corrected chi connectivity index (χ1v) is 5.46. The lowest BCUT2D eigenvalue weighted by Gasteiger charge is -2.21. The van der Waals surface area contributed by atoms with Gasteiger partial charge in [-0.05, 0) is 38.0 Å². The van der Waals surface area contributed by atoms with Crippen LogP contribution in [0.4, 0.5) is 0 Å². The maximum absolute atomic E-state index is 11.4. The number of rotatable bonds is 4. The normalized spacial score (nSPS) is 24.6. The van der Waals surface area contributed by atoms with E-state index >= 15 is 0 Å². The van der Waals surface area contributed by atoms with E-state index in [-0.39, 0.29) is 0 Å². The quantitative estimate of drug-likeness (QED) is 0.666. The van der Waals surface area contributed by atoms with Crippen molar-refractivity contribution < 1.29 is 9.53 Å². The zero-order valence-corrected chi connectivity index (χ0v) is 8.13. The molecule has 0 spiro atoms. The van der Waals surface area contributed by atoms with Gasteiger partial charge in [-0.1, -0.05) is 0 Å². The molecule has 1 saturated heterocycles. The number of carbonyl (C=O) groups is 1. The third-order valence-corrected chi connectivity index (χ3v) is 3.17. The molecule has 0 aromatic carbocycles. The molecule has 0 radical (unpaired) electrons. The van der Waals surface area contributed by atoms with Gasteiger partial charge in [-0.25, -0.2) is 0 Å². The molecule has 1 heterocycles. The molecule has 74 valence electrons. The summed E-state index contributed by atoms with van der Waals surface area (Å²) >= 11 is 0. The fraction of sp³-hybridized carbons (Fsp3) is 0.909. The second-order valence-corrected chi connectivity index (χ2v) is 4.34. The number of Topliss-reactive ketones (excluding diaryl/α,β-unsaturated/α-hetero) is 1. The molecule has 0 N–H and O–H groups in total. The molecule has 1 saturated carbocycles. The van der Waals surface area contributed by atoms with Crippen molar-refractivity contribution in [1.82, 2.24) is 0 Å². The van der Waals surface area contributed by atoms with Crippen molar-refractivity contribution in [3.8, 4) is 0 Å². The molecule has 2 fully saturated rings. The van der Waals surface area contributed by atoms with Crippen molar-refractivity contribution in [2.45, 2.75) is 38.5 Å². The standard InChI is InChI=1S/C11H18O2/c12-11(10-2-3-10)4-1-9-5-7-13-8-6-9/h9-10H,1-8H2. The highest BCUT2D eigenvalue weighted by atomic mass is 16.5. The van der Waals surface area contributed by atoms with Gasteiger partial charge in [-0.2, -0.15) is 0 Å². The van der Waals surface area contributed by atoms with Gasteiger partial charge in [0.1, 0.15) is 5.78 Å². The molecule has 0 unspecified atom stereocenters. The Hall–Kier alpha value is -0.370. The summed E-state index contributed by atoms with van der Waals surface area (Å²) in [4.78, 5) is 11.4. The second kappa shape index (κ2) is 4.23. The average Bonchev–Trinajstić information content (AvgIpc) is 2.99. The number of ketones is 1. The van der Waals surface area contributed by atoms with Crippen LogP contribution in [0.5, 0.6) is 0 Å². The van der Waals surface area contributed by atoms with Crippen LogP contribution in [0.1, 0.15) is 38.5 Å². The summed E-state index contributed by atoms with van der Waals surface area (Å²) in [5.74, 6) is 1.74. The molecule has 0 aromatic heterocycles. The molecular weight excluding hydrogens is 164 g/mol. The van der Waals surface area contributed by atoms with Crippen molar-refractivity contribution >= 4 is 5.78 Å². The van der Waals surface area contributed by atoms with Gasteiger partial charge < -0.3 is 4.74 Å². The smallest absolute Gasteiger partial charge is 0.135 e. The zero-order chi connectivity index (χ0) is 9.10. The Morgan fingerprint density at radius 3 is 2.46 bits per heavy atom. The Balaban J connectivity index is 1.62. The van der Waals surface area contributed by atoms with Gasteiger partial charge in [0.05, 0.1) is 0 Å². The van der Waals surface area contributed by atoms with Crippen LogP contribution >= 0.6 is 0 Å². The van der Waals surface area contributed by atoms with Crippen LogP contribution in [0.15, 0.2) is 0 Å². The Morgan fingerprint density at radius 2 is 1.85 bits per heavy atom. The molecule has 2 rings (SSSR count). The maximum atomic E-state index is 11.4. The summed E-state index contributed by atoms with van der Waals surface area (Å²) in [5, 5.41) is 0. The Bertz CT molecular complexity index is 179. The van der Waals surface area contributed by atoms with Gasteiger partial charge in [0.15, 0.2) is 0 Å². The largest absolute Gasteiger partial charge is 0.381 e. The first-order chi connectivity index (χ1) is 6.36. The SMILES string of the molecule is O=C(CCC1CCOCC1)C1CC1. The summed E-state index contributed by atoms with van der Waals surface area (Å²) in [6, 6.07) is 0. The minimum absolute atomic E-state index is 0.458. The Kier molecular flexibility index (Phi) is 2.99. The van der Waals surface area contributed by atoms with E-state index in [0.29, 0.717) is 11.7 Å². The second-order valence-electron chi connectivity index (χ2n) is 4.34. The van der Waals surface area contributed by atoms with E-state index in [1.165, 1.54) is 0 Å². The van der Waals surface area contributed by atoms with Crippen LogP contribution in [-0.2, 0) is 9.53 Å². The van der Waals surface area contributed by atoms with Gasteiger partial charge in [-0.15, -0.1) is 0 Å². The maximum Gasteiger partial charge on any atom is 0.135 e. The van der Waals surface area contributed by atoms with Crippen LogP contribution in [0, 0.1) is 11.8 Å². The number of hydrogen-bond donors (Lipinski definition) is 0. The lowest BCUT2D eigenvalue weighted by atomic mass is 9.93.